The summed E-state index contributed by atoms with van der Waals surface area (Å²) in [7, 11) is -3.51. The summed E-state index contributed by atoms with van der Waals surface area (Å²) in [5.41, 5.74) is 2.84. The van der Waals surface area contributed by atoms with Crippen molar-refractivity contribution in [1.82, 2.24) is 9.62 Å². The van der Waals surface area contributed by atoms with Gasteiger partial charge in [-0.1, -0.05) is 35.9 Å². The number of benzene rings is 2. The molecule has 0 unspecified atom stereocenters. The number of piperidine rings is 1. The van der Waals surface area contributed by atoms with Crippen molar-refractivity contribution in [3.05, 3.63) is 64.7 Å². The highest BCUT2D eigenvalue weighted by Gasteiger charge is 2.32. The molecule has 1 amide bonds. The van der Waals surface area contributed by atoms with Crippen molar-refractivity contribution in [3.63, 3.8) is 0 Å². The lowest BCUT2D eigenvalue weighted by atomic mass is 9.98. The molecule has 0 radical (unpaired) electrons. The number of sulfonamides is 1. The standard InChI is InChI=1S/C24H32ClN3O3S/c1-3-27(4-2)23-12-10-19(11-13-23)16-26-24(29)21-8-6-14-28(17-21)32(30,31)18-20-7-5-9-22(25)15-20/h5,7,9-13,15,21H,3-4,6,8,14,16-18H2,1-2H3,(H,26,29)/t21-/m0/s1. The van der Waals surface area contributed by atoms with Gasteiger partial charge in [-0.05, 0) is 62.1 Å². The van der Waals surface area contributed by atoms with Crippen LogP contribution in [0, 0.1) is 5.92 Å². The first-order chi connectivity index (χ1) is 15.3. The summed E-state index contributed by atoms with van der Waals surface area (Å²) in [5, 5.41) is 3.50. The van der Waals surface area contributed by atoms with Crippen molar-refractivity contribution in [3.8, 4) is 0 Å². The van der Waals surface area contributed by atoms with Crippen LogP contribution in [0.1, 0.15) is 37.8 Å². The van der Waals surface area contributed by atoms with Crippen LogP contribution in [-0.4, -0.2) is 44.8 Å². The Balaban J connectivity index is 1.56. The number of carbonyl (C=O) groups is 1. The van der Waals surface area contributed by atoms with Crippen molar-refractivity contribution >= 4 is 33.2 Å². The molecule has 6 nitrogen and oxygen atoms in total. The zero-order chi connectivity index (χ0) is 23.1. The Morgan fingerprint density at radius 1 is 1.12 bits per heavy atom. The van der Waals surface area contributed by atoms with Gasteiger partial charge in [-0.2, -0.15) is 0 Å². The molecule has 1 fully saturated rings. The van der Waals surface area contributed by atoms with Gasteiger partial charge in [-0.3, -0.25) is 4.79 Å². The molecular weight excluding hydrogens is 446 g/mol. The zero-order valence-electron chi connectivity index (χ0n) is 18.8. The third-order valence-electron chi connectivity index (χ3n) is 5.92. The van der Waals surface area contributed by atoms with Crippen LogP contribution in [0.5, 0.6) is 0 Å². The number of amides is 1. The molecule has 1 aliphatic heterocycles. The lowest BCUT2D eigenvalue weighted by Gasteiger charge is -2.31. The summed E-state index contributed by atoms with van der Waals surface area (Å²) in [5.74, 6) is -0.547. The molecule has 0 bridgehead atoms. The Bertz CT molecular complexity index is 1010. The van der Waals surface area contributed by atoms with Crippen LogP contribution in [0.2, 0.25) is 5.02 Å². The average molecular weight is 478 g/mol. The average Bonchev–Trinajstić information content (AvgIpc) is 2.79. The molecule has 8 heteroatoms. The summed E-state index contributed by atoms with van der Waals surface area (Å²) < 4.78 is 27.2. The minimum Gasteiger partial charge on any atom is -0.372 e. The summed E-state index contributed by atoms with van der Waals surface area (Å²) in [4.78, 5) is 15.0. The van der Waals surface area contributed by atoms with Gasteiger partial charge in [-0.25, -0.2) is 12.7 Å². The van der Waals surface area contributed by atoms with E-state index in [2.05, 4.69) is 36.2 Å². The monoisotopic (exact) mass is 477 g/mol. The predicted molar refractivity (Wildman–Crippen MR) is 130 cm³/mol. The molecule has 1 atom stereocenters. The molecule has 0 aliphatic carbocycles. The highest BCUT2D eigenvalue weighted by atomic mass is 35.5. The minimum atomic E-state index is -3.51. The number of nitrogens with one attached hydrogen (secondary N) is 1. The highest BCUT2D eigenvalue weighted by Crippen LogP contribution is 2.23. The smallest absolute Gasteiger partial charge is 0.224 e. The Morgan fingerprint density at radius 3 is 2.50 bits per heavy atom. The quantitative estimate of drug-likeness (QED) is 0.591. The molecule has 0 aromatic heterocycles. The van der Waals surface area contributed by atoms with Crippen LogP contribution in [0.25, 0.3) is 0 Å². The number of hydrogen-bond acceptors (Lipinski definition) is 4. The molecule has 1 aliphatic rings. The Hall–Kier alpha value is -2.09. The van der Waals surface area contributed by atoms with Crippen LogP contribution in [0.4, 0.5) is 5.69 Å². The Labute approximate surface area is 196 Å². The van der Waals surface area contributed by atoms with Gasteiger partial charge in [-0.15, -0.1) is 0 Å². The maximum atomic E-state index is 12.9. The van der Waals surface area contributed by atoms with Gasteiger partial charge < -0.3 is 10.2 Å². The molecule has 1 saturated heterocycles. The maximum absolute atomic E-state index is 12.9. The fourth-order valence-electron chi connectivity index (χ4n) is 4.08. The molecule has 1 N–H and O–H groups in total. The van der Waals surface area contributed by atoms with Gasteiger partial charge in [0.1, 0.15) is 0 Å². The number of halogens is 1. The number of carbonyl (C=O) groups excluding carboxylic acids is 1. The third kappa shape index (κ3) is 6.47. The normalized spacial score (nSPS) is 17.2. The lowest BCUT2D eigenvalue weighted by Crippen LogP contribution is -2.45. The molecule has 32 heavy (non-hydrogen) atoms. The van der Waals surface area contributed by atoms with Crippen LogP contribution < -0.4 is 10.2 Å². The van der Waals surface area contributed by atoms with Crippen molar-refractivity contribution < 1.29 is 13.2 Å². The molecule has 174 valence electrons. The maximum Gasteiger partial charge on any atom is 0.224 e. The summed E-state index contributed by atoms with van der Waals surface area (Å²) in [6.07, 6.45) is 1.36. The first-order valence-electron chi connectivity index (χ1n) is 11.2. The van der Waals surface area contributed by atoms with E-state index in [0.717, 1.165) is 24.3 Å². The molecule has 2 aromatic carbocycles. The topological polar surface area (TPSA) is 69.7 Å². The van der Waals surface area contributed by atoms with Crippen LogP contribution in [0.3, 0.4) is 0 Å². The Kier molecular flexibility index (Phi) is 8.57. The van der Waals surface area contributed by atoms with E-state index >= 15 is 0 Å². The first-order valence-corrected chi connectivity index (χ1v) is 13.1. The van der Waals surface area contributed by atoms with E-state index in [-0.39, 0.29) is 24.1 Å². The van der Waals surface area contributed by atoms with E-state index in [1.807, 2.05) is 12.1 Å². The third-order valence-corrected chi connectivity index (χ3v) is 7.97. The van der Waals surface area contributed by atoms with Crippen LogP contribution in [-0.2, 0) is 27.1 Å². The van der Waals surface area contributed by atoms with E-state index < -0.39 is 10.0 Å². The predicted octanol–water partition coefficient (Wildman–Crippen LogP) is 4.04. The van der Waals surface area contributed by atoms with E-state index in [1.165, 1.54) is 4.31 Å². The number of nitrogens with zero attached hydrogens (tertiary/aromatic N) is 2. The van der Waals surface area contributed by atoms with Crippen molar-refractivity contribution in [2.75, 3.05) is 31.1 Å². The van der Waals surface area contributed by atoms with Gasteiger partial charge in [0.25, 0.3) is 0 Å². The van der Waals surface area contributed by atoms with Crippen molar-refractivity contribution in [2.24, 2.45) is 5.92 Å². The molecular formula is C24H32ClN3O3S. The molecule has 1 heterocycles. The van der Waals surface area contributed by atoms with E-state index in [1.54, 1.807) is 24.3 Å². The minimum absolute atomic E-state index is 0.0968. The van der Waals surface area contributed by atoms with Gasteiger partial charge in [0, 0.05) is 43.4 Å². The zero-order valence-corrected chi connectivity index (χ0v) is 20.3. The van der Waals surface area contributed by atoms with Gasteiger partial charge in [0.05, 0.1) is 11.7 Å². The number of rotatable bonds is 9. The van der Waals surface area contributed by atoms with Crippen molar-refractivity contribution in [1.29, 1.82) is 0 Å². The van der Waals surface area contributed by atoms with Gasteiger partial charge in [0.2, 0.25) is 15.9 Å². The summed E-state index contributed by atoms with van der Waals surface area (Å²) >= 11 is 5.98. The van der Waals surface area contributed by atoms with E-state index in [9.17, 15) is 13.2 Å². The molecule has 0 spiro atoms. The number of anilines is 1. The second-order valence-corrected chi connectivity index (χ2v) is 10.5. The molecule has 0 saturated carbocycles. The first kappa shape index (κ1) is 24.6. The van der Waals surface area contributed by atoms with Crippen LogP contribution in [0.15, 0.2) is 48.5 Å². The SMILES string of the molecule is CCN(CC)c1ccc(CNC(=O)[C@H]2CCCN(S(=O)(=O)Cc3cccc(Cl)c3)C2)cc1. The lowest BCUT2D eigenvalue weighted by molar-refractivity contribution is -0.126. The second-order valence-electron chi connectivity index (χ2n) is 8.14. The fraction of sp³-hybridized carbons (Fsp3) is 0.458. The summed E-state index contributed by atoms with van der Waals surface area (Å²) in [6.45, 7) is 7.24. The van der Waals surface area contributed by atoms with Gasteiger partial charge >= 0.3 is 0 Å². The second kappa shape index (κ2) is 11.2. The van der Waals surface area contributed by atoms with Gasteiger partial charge in [0.15, 0.2) is 0 Å². The highest BCUT2D eigenvalue weighted by molar-refractivity contribution is 7.88. The van der Waals surface area contributed by atoms with Crippen molar-refractivity contribution in [2.45, 2.75) is 39.0 Å². The largest absolute Gasteiger partial charge is 0.372 e. The number of hydrogen-bond donors (Lipinski definition) is 1. The van der Waals surface area contributed by atoms with Crippen LogP contribution >= 0.6 is 11.6 Å². The fourth-order valence-corrected chi connectivity index (χ4v) is 5.90. The van der Waals surface area contributed by atoms with E-state index in [4.69, 9.17) is 11.6 Å². The molecule has 3 rings (SSSR count). The molecule has 2 aromatic rings. The summed E-state index contributed by atoms with van der Waals surface area (Å²) in [6, 6.07) is 15.1. The Morgan fingerprint density at radius 2 is 1.84 bits per heavy atom. The van der Waals surface area contributed by atoms with E-state index in [0.29, 0.717) is 36.5 Å².